The van der Waals surface area contributed by atoms with Crippen LogP contribution in [0.15, 0.2) is 48.5 Å². The Morgan fingerprint density at radius 3 is 2.11 bits per heavy atom. The second-order valence-corrected chi connectivity index (χ2v) is 8.57. The van der Waals surface area contributed by atoms with Crippen molar-refractivity contribution in [2.24, 2.45) is 0 Å². The Balaban J connectivity index is 1.21. The lowest BCUT2D eigenvalue weighted by Crippen LogP contribution is -2.27. The smallest absolute Gasteiger partial charge is 0.407 e. The molecule has 8 nitrogen and oxygen atoms in total. The Hall–Kier alpha value is -3.39. The zero-order valence-corrected chi connectivity index (χ0v) is 20.0. The molecule has 0 saturated carbocycles. The first-order chi connectivity index (χ1) is 17.1. The Kier molecular flexibility index (Phi) is 10.6. The number of carboxylic acids is 1. The van der Waals surface area contributed by atoms with E-state index in [4.69, 9.17) is 14.6 Å². The summed E-state index contributed by atoms with van der Waals surface area (Å²) in [6.45, 7) is 1.02. The molecule has 0 unspecified atom stereocenters. The Morgan fingerprint density at radius 2 is 1.43 bits per heavy atom. The molecule has 2 aromatic rings. The number of nitrogens with one attached hydrogen (secondary N) is 2. The van der Waals surface area contributed by atoms with Crippen LogP contribution in [0.1, 0.15) is 55.6 Å². The van der Waals surface area contributed by atoms with Gasteiger partial charge in [-0.2, -0.15) is 0 Å². The fourth-order valence-corrected chi connectivity index (χ4v) is 4.29. The van der Waals surface area contributed by atoms with Gasteiger partial charge in [-0.3, -0.25) is 4.79 Å². The number of alkyl carbamates (subject to hydrolysis) is 1. The highest BCUT2D eigenvalue weighted by molar-refractivity contribution is 5.79. The highest BCUT2D eigenvalue weighted by atomic mass is 16.5. The molecule has 2 aromatic carbocycles. The zero-order chi connectivity index (χ0) is 24.9. The topological polar surface area (TPSA) is 114 Å². The normalized spacial score (nSPS) is 12.0. The summed E-state index contributed by atoms with van der Waals surface area (Å²) in [6.07, 6.45) is 4.59. The number of unbranched alkanes of at least 4 members (excludes halogenated alkanes) is 4. The number of ether oxygens (including phenoxy) is 2. The molecule has 3 N–H and O–H groups in total. The van der Waals surface area contributed by atoms with Crippen molar-refractivity contribution in [1.82, 2.24) is 10.6 Å². The number of hydrogen-bond donors (Lipinski definition) is 3. The Labute approximate surface area is 206 Å². The fourth-order valence-electron chi connectivity index (χ4n) is 4.29. The van der Waals surface area contributed by atoms with Crippen LogP contribution in [0.4, 0.5) is 4.79 Å². The third kappa shape index (κ3) is 8.40. The van der Waals surface area contributed by atoms with Crippen LogP contribution < -0.4 is 10.6 Å². The molecule has 0 heterocycles. The number of carbonyl (C=O) groups excluding carboxylic acids is 2. The van der Waals surface area contributed by atoms with Crippen molar-refractivity contribution in [1.29, 1.82) is 0 Å². The van der Waals surface area contributed by atoms with Crippen molar-refractivity contribution >= 4 is 18.0 Å². The highest BCUT2D eigenvalue weighted by Crippen LogP contribution is 2.44. The minimum Gasteiger partial charge on any atom is -0.480 e. The van der Waals surface area contributed by atoms with Gasteiger partial charge >= 0.3 is 12.1 Å². The van der Waals surface area contributed by atoms with Crippen molar-refractivity contribution in [2.45, 2.75) is 44.4 Å². The van der Waals surface area contributed by atoms with E-state index in [1.807, 2.05) is 24.3 Å². The predicted molar refractivity (Wildman–Crippen MR) is 132 cm³/mol. The largest absolute Gasteiger partial charge is 0.480 e. The maximum absolute atomic E-state index is 12.2. The van der Waals surface area contributed by atoms with E-state index in [0.29, 0.717) is 26.1 Å². The average molecular weight is 483 g/mol. The SMILES string of the molecule is O=C(O)COCCNC(=O)CCCCCCCNC(=O)OCC1c2ccccc2-c2ccccc21. The molecular weight excluding hydrogens is 448 g/mol. The number of carbonyl (C=O) groups is 3. The van der Waals surface area contributed by atoms with Crippen molar-refractivity contribution in [2.75, 3.05) is 32.9 Å². The van der Waals surface area contributed by atoms with Crippen molar-refractivity contribution < 1.29 is 29.0 Å². The van der Waals surface area contributed by atoms with Crippen LogP contribution in [0.2, 0.25) is 0 Å². The number of amides is 2. The lowest BCUT2D eigenvalue weighted by atomic mass is 9.98. The summed E-state index contributed by atoms with van der Waals surface area (Å²) in [5.74, 6) is -1.02. The van der Waals surface area contributed by atoms with E-state index in [0.717, 1.165) is 32.1 Å². The van der Waals surface area contributed by atoms with Crippen LogP contribution in [0.5, 0.6) is 0 Å². The number of rotatable bonds is 15. The fraction of sp³-hybridized carbons (Fsp3) is 0.444. The van der Waals surface area contributed by atoms with Crippen LogP contribution in [-0.2, 0) is 19.1 Å². The van der Waals surface area contributed by atoms with Crippen LogP contribution in [-0.4, -0.2) is 56.0 Å². The molecule has 1 aliphatic rings. The quantitative estimate of drug-likeness (QED) is 0.330. The summed E-state index contributed by atoms with van der Waals surface area (Å²) in [5.41, 5.74) is 4.81. The van der Waals surface area contributed by atoms with E-state index in [9.17, 15) is 14.4 Å². The Morgan fingerprint density at radius 1 is 0.800 bits per heavy atom. The van der Waals surface area contributed by atoms with E-state index in [1.165, 1.54) is 22.3 Å². The summed E-state index contributed by atoms with van der Waals surface area (Å²) in [5, 5.41) is 14.0. The van der Waals surface area contributed by atoms with Gasteiger partial charge in [0.1, 0.15) is 13.2 Å². The van der Waals surface area contributed by atoms with Gasteiger partial charge in [0.2, 0.25) is 5.91 Å². The van der Waals surface area contributed by atoms with Gasteiger partial charge in [0.15, 0.2) is 0 Å². The summed E-state index contributed by atoms with van der Waals surface area (Å²) in [7, 11) is 0. The molecule has 0 bridgehead atoms. The van der Waals surface area contributed by atoms with Crippen LogP contribution in [0, 0.1) is 0 Å². The maximum Gasteiger partial charge on any atom is 0.407 e. The lowest BCUT2D eigenvalue weighted by Gasteiger charge is -2.14. The number of benzene rings is 2. The maximum atomic E-state index is 12.2. The van der Waals surface area contributed by atoms with Gasteiger partial charge in [-0.25, -0.2) is 9.59 Å². The van der Waals surface area contributed by atoms with E-state index in [1.54, 1.807) is 0 Å². The van der Waals surface area contributed by atoms with E-state index in [-0.39, 0.29) is 25.0 Å². The molecule has 0 radical (unpaired) electrons. The minimum absolute atomic E-state index is 0.0548. The summed E-state index contributed by atoms with van der Waals surface area (Å²) in [6, 6.07) is 16.5. The molecule has 2 amide bonds. The number of hydrogen-bond acceptors (Lipinski definition) is 5. The Bertz CT molecular complexity index is 948. The molecular formula is C27H34N2O6. The first kappa shape index (κ1) is 26.2. The van der Waals surface area contributed by atoms with Gasteiger partial charge in [-0.05, 0) is 35.1 Å². The average Bonchev–Trinajstić information content (AvgIpc) is 3.17. The van der Waals surface area contributed by atoms with E-state index in [2.05, 4.69) is 34.9 Å². The molecule has 0 saturated heterocycles. The number of carboxylic acid groups (broad SMARTS) is 1. The third-order valence-electron chi connectivity index (χ3n) is 5.99. The highest BCUT2D eigenvalue weighted by Gasteiger charge is 2.28. The van der Waals surface area contributed by atoms with Crippen molar-refractivity contribution in [3.8, 4) is 11.1 Å². The van der Waals surface area contributed by atoms with Crippen LogP contribution in [0.3, 0.4) is 0 Å². The van der Waals surface area contributed by atoms with Gasteiger partial charge < -0.3 is 25.2 Å². The van der Waals surface area contributed by atoms with E-state index >= 15 is 0 Å². The van der Waals surface area contributed by atoms with Crippen molar-refractivity contribution in [3.05, 3.63) is 59.7 Å². The molecule has 0 atom stereocenters. The molecule has 0 fully saturated rings. The molecule has 8 heteroatoms. The lowest BCUT2D eigenvalue weighted by molar-refractivity contribution is -0.142. The van der Waals surface area contributed by atoms with Crippen LogP contribution >= 0.6 is 0 Å². The second kappa shape index (κ2) is 14.1. The van der Waals surface area contributed by atoms with Gasteiger partial charge in [0.05, 0.1) is 6.61 Å². The predicted octanol–water partition coefficient (Wildman–Crippen LogP) is 4.08. The summed E-state index contributed by atoms with van der Waals surface area (Å²) in [4.78, 5) is 34.2. The van der Waals surface area contributed by atoms with Gasteiger partial charge in [-0.15, -0.1) is 0 Å². The zero-order valence-electron chi connectivity index (χ0n) is 20.0. The minimum atomic E-state index is -1.02. The second-order valence-electron chi connectivity index (χ2n) is 8.57. The standard InChI is InChI=1S/C27H34N2O6/c30-25(28-16-17-34-19-26(31)32)14-4-2-1-3-9-15-29-27(33)35-18-24-22-12-7-5-10-20(22)21-11-6-8-13-23(21)24/h5-8,10-13,24H,1-4,9,14-19H2,(H,28,30)(H,29,33)(H,31,32). The molecule has 3 rings (SSSR count). The van der Waals surface area contributed by atoms with Gasteiger partial charge in [-0.1, -0.05) is 67.8 Å². The number of aliphatic carboxylic acids is 1. The van der Waals surface area contributed by atoms with Gasteiger partial charge in [0, 0.05) is 25.4 Å². The molecule has 35 heavy (non-hydrogen) atoms. The first-order valence-corrected chi connectivity index (χ1v) is 12.2. The van der Waals surface area contributed by atoms with E-state index < -0.39 is 12.1 Å². The van der Waals surface area contributed by atoms with Gasteiger partial charge in [0.25, 0.3) is 0 Å². The molecule has 0 spiro atoms. The number of fused-ring (bicyclic) bond motifs is 3. The van der Waals surface area contributed by atoms with Crippen molar-refractivity contribution in [3.63, 3.8) is 0 Å². The third-order valence-corrected chi connectivity index (χ3v) is 5.99. The summed E-state index contributed by atoms with van der Waals surface area (Å²) >= 11 is 0. The van der Waals surface area contributed by atoms with Crippen LogP contribution in [0.25, 0.3) is 11.1 Å². The monoisotopic (exact) mass is 482 g/mol. The first-order valence-electron chi connectivity index (χ1n) is 12.2. The molecule has 0 aliphatic heterocycles. The molecule has 188 valence electrons. The summed E-state index contributed by atoms with van der Waals surface area (Å²) < 4.78 is 10.4. The molecule has 0 aromatic heterocycles. The molecule has 1 aliphatic carbocycles.